The van der Waals surface area contributed by atoms with Crippen LogP contribution in [0.1, 0.15) is 29.9 Å². The van der Waals surface area contributed by atoms with Gasteiger partial charge in [-0.2, -0.15) is 5.10 Å². The molecule has 6 heteroatoms. The van der Waals surface area contributed by atoms with Gasteiger partial charge in [-0.15, -0.1) is 0 Å². The number of nitrogens with zero attached hydrogens (tertiary/aromatic N) is 3. The first-order valence-electron chi connectivity index (χ1n) is 6.23. The van der Waals surface area contributed by atoms with Crippen molar-refractivity contribution in [3.63, 3.8) is 0 Å². The molecule has 1 atom stereocenters. The van der Waals surface area contributed by atoms with Crippen molar-refractivity contribution in [1.29, 1.82) is 0 Å². The highest BCUT2D eigenvalue weighted by Gasteiger charge is 2.17. The van der Waals surface area contributed by atoms with E-state index in [-0.39, 0.29) is 6.04 Å². The van der Waals surface area contributed by atoms with Gasteiger partial charge in [0.25, 0.3) is 0 Å². The third kappa shape index (κ3) is 3.12. The van der Waals surface area contributed by atoms with Gasteiger partial charge in [-0.3, -0.25) is 20.9 Å². The van der Waals surface area contributed by atoms with Crippen molar-refractivity contribution in [1.82, 2.24) is 20.2 Å². The summed E-state index contributed by atoms with van der Waals surface area (Å²) in [4.78, 5) is 3.98. The van der Waals surface area contributed by atoms with E-state index in [1.165, 1.54) is 0 Å². The quantitative estimate of drug-likeness (QED) is 0.647. The zero-order valence-electron chi connectivity index (χ0n) is 11.1. The van der Waals surface area contributed by atoms with E-state index >= 15 is 0 Å². The molecule has 0 fully saturated rings. The van der Waals surface area contributed by atoms with E-state index in [1.54, 1.807) is 12.4 Å². The Morgan fingerprint density at radius 2 is 2.32 bits per heavy atom. The molecule has 102 valence electrons. The minimum atomic E-state index is -0.0299. The van der Waals surface area contributed by atoms with E-state index in [0.717, 1.165) is 23.4 Å². The number of aryl methyl sites for hydroxylation is 2. The van der Waals surface area contributed by atoms with Crippen LogP contribution in [-0.2, 0) is 19.9 Å². The maximum Gasteiger partial charge on any atom is 0.0669 e. The van der Waals surface area contributed by atoms with Crippen LogP contribution in [0.15, 0.2) is 24.5 Å². The summed E-state index contributed by atoms with van der Waals surface area (Å²) in [5, 5.41) is 5.09. The summed E-state index contributed by atoms with van der Waals surface area (Å²) in [5.74, 6) is 5.67. The van der Waals surface area contributed by atoms with E-state index in [0.29, 0.717) is 11.4 Å². The molecule has 2 heterocycles. The number of rotatable bonds is 5. The molecule has 0 radical (unpaired) electrons. The Balaban J connectivity index is 2.25. The third-order valence-electron chi connectivity index (χ3n) is 3.17. The van der Waals surface area contributed by atoms with Gasteiger partial charge in [0.2, 0.25) is 0 Å². The average molecular weight is 280 g/mol. The summed E-state index contributed by atoms with van der Waals surface area (Å²) in [6.07, 6.45) is 4.97. The maximum absolute atomic E-state index is 6.13. The highest BCUT2D eigenvalue weighted by Crippen LogP contribution is 2.22. The topological polar surface area (TPSA) is 68.8 Å². The summed E-state index contributed by atoms with van der Waals surface area (Å²) < 4.78 is 1.86. The van der Waals surface area contributed by atoms with E-state index < -0.39 is 0 Å². The fraction of sp³-hybridized carbons (Fsp3) is 0.385. The van der Waals surface area contributed by atoms with Crippen LogP contribution in [0, 0.1) is 0 Å². The molecule has 0 aliphatic rings. The molecule has 0 saturated heterocycles. The second-order valence-electron chi connectivity index (χ2n) is 4.43. The van der Waals surface area contributed by atoms with Crippen LogP contribution in [0.4, 0.5) is 0 Å². The van der Waals surface area contributed by atoms with Crippen molar-refractivity contribution in [3.05, 3.63) is 46.5 Å². The number of hydrogen-bond donors (Lipinski definition) is 2. The molecule has 5 nitrogen and oxygen atoms in total. The van der Waals surface area contributed by atoms with Gasteiger partial charge < -0.3 is 0 Å². The Labute approximate surface area is 117 Å². The molecule has 0 aliphatic carbocycles. The molecule has 0 bridgehead atoms. The molecule has 1 unspecified atom stereocenters. The zero-order valence-corrected chi connectivity index (χ0v) is 11.9. The van der Waals surface area contributed by atoms with Crippen molar-refractivity contribution < 1.29 is 0 Å². The van der Waals surface area contributed by atoms with E-state index in [2.05, 4.69) is 28.5 Å². The van der Waals surface area contributed by atoms with Crippen molar-refractivity contribution >= 4 is 11.6 Å². The molecule has 2 aromatic rings. The minimum absolute atomic E-state index is 0.0299. The van der Waals surface area contributed by atoms with E-state index in [1.807, 2.05) is 17.8 Å². The van der Waals surface area contributed by atoms with Gasteiger partial charge in [0, 0.05) is 19.4 Å². The Morgan fingerprint density at radius 1 is 1.53 bits per heavy atom. The normalized spacial score (nSPS) is 12.6. The average Bonchev–Trinajstić information content (AvgIpc) is 2.79. The predicted octanol–water partition coefficient (Wildman–Crippen LogP) is 1.78. The van der Waals surface area contributed by atoms with Crippen molar-refractivity contribution in [2.24, 2.45) is 12.9 Å². The highest BCUT2D eigenvalue weighted by molar-refractivity contribution is 6.31. The second kappa shape index (κ2) is 6.14. The number of aromatic nitrogens is 3. The second-order valence-corrected chi connectivity index (χ2v) is 4.84. The first-order valence-corrected chi connectivity index (χ1v) is 6.60. The Hall–Kier alpha value is -1.43. The summed E-state index contributed by atoms with van der Waals surface area (Å²) >= 11 is 6.13. The number of hydrazine groups is 1. The molecule has 0 amide bonds. The molecule has 0 aromatic carbocycles. The van der Waals surface area contributed by atoms with Gasteiger partial charge in [-0.1, -0.05) is 18.5 Å². The smallest absolute Gasteiger partial charge is 0.0669 e. The lowest BCUT2D eigenvalue weighted by Gasteiger charge is -2.16. The van der Waals surface area contributed by atoms with Crippen molar-refractivity contribution in [3.8, 4) is 0 Å². The molecule has 2 aromatic heterocycles. The van der Waals surface area contributed by atoms with Gasteiger partial charge in [0.1, 0.15) is 0 Å². The summed E-state index contributed by atoms with van der Waals surface area (Å²) in [6.45, 7) is 2.08. The number of hydrogen-bond acceptors (Lipinski definition) is 4. The van der Waals surface area contributed by atoms with Gasteiger partial charge in [-0.25, -0.2) is 0 Å². The first-order chi connectivity index (χ1) is 9.15. The molecular weight excluding hydrogens is 262 g/mol. The molecular formula is C13H18ClN5. The van der Waals surface area contributed by atoms with Crippen LogP contribution in [0.25, 0.3) is 0 Å². The fourth-order valence-corrected chi connectivity index (χ4v) is 2.28. The number of nitrogens with two attached hydrogens (primary N) is 1. The lowest BCUT2D eigenvalue weighted by Crippen LogP contribution is -2.31. The minimum Gasteiger partial charge on any atom is -0.271 e. The zero-order chi connectivity index (χ0) is 13.8. The van der Waals surface area contributed by atoms with Crippen LogP contribution in [0.2, 0.25) is 5.02 Å². The van der Waals surface area contributed by atoms with Gasteiger partial charge in [0.05, 0.1) is 22.5 Å². The molecule has 0 aliphatic heterocycles. The van der Waals surface area contributed by atoms with E-state index in [9.17, 15) is 0 Å². The standard InChI is InChI=1S/C13H18ClN5/c1-3-10-7-13(19(2)18-10)12(17-15)6-9-4-5-16-8-11(9)14/h4-5,7-8,12,17H,3,6,15H2,1-2H3. The summed E-state index contributed by atoms with van der Waals surface area (Å²) in [5.41, 5.74) is 5.95. The van der Waals surface area contributed by atoms with Gasteiger partial charge in [-0.05, 0) is 30.5 Å². The van der Waals surface area contributed by atoms with Crippen LogP contribution in [0.5, 0.6) is 0 Å². The third-order valence-corrected chi connectivity index (χ3v) is 3.51. The molecule has 2 rings (SSSR count). The van der Waals surface area contributed by atoms with Crippen LogP contribution in [0.3, 0.4) is 0 Å². The van der Waals surface area contributed by atoms with Gasteiger partial charge >= 0.3 is 0 Å². The lowest BCUT2D eigenvalue weighted by atomic mass is 10.0. The number of pyridine rings is 1. The summed E-state index contributed by atoms with van der Waals surface area (Å²) in [7, 11) is 1.92. The first kappa shape index (κ1) is 14.0. The summed E-state index contributed by atoms with van der Waals surface area (Å²) in [6, 6.07) is 3.95. The molecule has 0 saturated carbocycles. The lowest BCUT2D eigenvalue weighted by molar-refractivity contribution is 0.508. The van der Waals surface area contributed by atoms with Crippen LogP contribution < -0.4 is 11.3 Å². The Morgan fingerprint density at radius 3 is 2.89 bits per heavy atom. The predicted molar refractivity (Wildman–Crippen MR) is 75.6 cm³/mol. The number of halogens is 1. The van der Waals surface area contributed by atoms with Crippen LogP contribution in [-0.4, -0.2) is 14.8 Å². The van der Waals surface area contributed by atoms with Gasteiger partial charge in [0.15, 0.2) is 0 Å². The van der Waals surface area contributed by atoms with Crippen molar-refractivity contribution in [2.75, 3.05) is 0 Å². The largest absolute Gasteiger partial charge is 0.271 e. The number of nitrogens with one attached hydrogen (secondary N) is 1. The van der Waals surface area contributed by atoms with Crippen molar-refractivity contribution in [2.45, 2.75) is 25.8 Å². The molecule has 19 heavy (non-hydrogen) atoms. The van der Waals surface area contributed by atoms with Crippen LogP contribution >= 0.6 is 11.6 Å². The molecule has 3 N–H and O–H groups in total. The monoisotopic (exact) mass is 279 g/mol. The Bertz CT molecular complexity index is 552. The van der Waals surface area contributed by atoms with E-state index in [4.69, 9.17) is 17.4 Å². The SMILES string of the molecule is CCc1cc(C(Cc2ccncc2Cl)NN)n(C)n1. The fourth-order valence-electron chi connectivity index (χ4n) is 2.08. The molecule has 0 spiro atoms. The Kier molecular flexibility index (Phi) is 4.52. The maximum atomic E-state index is 6.13. The highest BCUT2D eigenvalue weighted by atomic mass is 35.5.